The number of para-hydroxylation sites is 2. The van der Waals surface area contributed by atoms with Crippen molar-refractivity contribution in [1.82, 2.24) is 9.88 Å². The monoisotopic (exact) mass is 417 g/mol. The Morgan fingerprint density at radius 2 is 1.87 bits per heavy atom. The van der Waals surface area contributed by atoms with Gasteiger partial charge in [0.15, 0.2) is 5.76 Å². The predicted octanol–water partition coefficient (Wildman–Crippen LogP) is 5.37. The van der Waals surface area contributed by atoms with Crippen LogP contribution in [0.1, 0.15) is 23.8 Å². The Morgan fingerprint density at radius 1 is 1.10 bits per heavy atom. The first kappa shape index (κ1) is 19.0. The number of fused-ring (bicyclic) bond motifs is 1. The lowest BCUT2D eigenvalue weighted by atomic mass is 9.97. The largest absolute Gasteiger partial charge is 0.454 e. The quantitative estimate of drug-likeness (QED) is 0.474. The number of likely N-dealkylation sites (tertiary alicyclic amines) is 1. The normalized spacial score (nSPS) is 15.5. The van der Waals surface area contributed by atoms with Gasteiger partial charge in [0.2, 0.25) is 5.91 Å². The number of furan rings is 1. The fourth-order valence-electron chi connectivity index (χ4n) is 3.96. The molecule has 1 fully saturated rings. The van der Waals surface area contributed by atoms with Crippen LogP contribution in [0.25, 0.3) is 22.4 Å². The summed E-state index contributed by atoms with van der Waals surface area (Å²) in [6.45, 7) is 2.25. The lowest BCUT2D eigenvalue weighted by molar-refractivity contribution is -0.117. The molecule has 0 saturated carbocycles. The topological polar surface area (TPSA) is 58.4 Å². The van der Waals surface area contributed by atoms with E-state index in [-0.39, 0.29) is 5.91 Å². The average molecular weight is 418 g/mol. The molecule has 0 spiro atoms. The van der Waals surface area contributed by atoms with Crippen molar-refractivity contribution in [3.8, 4) is 11.5 Å². The van der Waals surface area contributed by atoms with Crippen LogP contribution >= 0.6 is 11.3 Å². The fraction of sp³-hybridized carbons (Fsp3) is 0.250. The van der Waals surface area contributed by atoms with Gasteiger partial charge in [0.1, 0.15) is 11.3 Å². The third-order valence-electron chi connectivity index (χ3n) is 5.56. The van der Waals surface area contributed by atoms with E-state index < -0.39 is 0 Å². The van der Waals surface area contributed by atoms with Crippen LogP contribution in [-0.2, 0) is 4.79 Å². The summed E-state index contributed by atoms with van der Waals surface area (Å²) >= 11 is 1.71. The molecular weight excluding hydrogens is 394 g/mol. The van der Waals surface area contributed by atoms with Crippen molar-refractivity contribution in [1.29, 1.82) is 0 Å². The van der Waals surface area contributed by atoms with Gasteiger partial charge >= 0.3 is 0 Å². The number of carbonyl (C=O) groups is 1. The summed E-state index contributed by atoms with van der Waals surface area (Å²) in [4.78, 5) is 19.4. The molecule has 0 aliphatic carbocycles. The molecule has 5 rings (SSSR count). The number of piperidine rings is 1. The van der Waals surface area contributed by atoms with Crippen LogP contribution in [0.2, 0.25) is 0 Å². The number of rotatable bonds is 5. The summed E-state index contributed by atoms with van der Waals surface area (Å²) in [5, 5.41) is 7.32. The zero-order valence-electron chi connectivity index (χ0n) is 16.6. The Morgan fingerprint density at radius 3 is 2.67 bits per heavy atom. The first-order valence-electron chi connectivity index (χ1n) is 10.3. The van der Waals surface area contributed by atoms with Gasteiger partial charge in [-0.05, 0) is 50.2 Å². The molecule has 1 N–H and O–H groups in total. The predicted molar refractivity (Wildman–Crippen MR) is 121 cm³/mol. The van der Waals surface area contributed by atoms with E-state index in [4.69, 9.17) is 9.40 Å². The van der Waals surface area contributed by atoms with E-state index in [1.165, 1.54) is 5.01 Å². The Bertz CT molecular complexity index is 1110. The zero-order valence-corrected chi connectivity index (χ0v) is 17.4. The number of nitrogens with zero attached hydrogens (tertiary/aromatic N) is 2. The molecule has 6 heteroatoms. The molecule has 5 nitrogen and oxygen atoms in total. The summed E-state index contributed by atoms with van der Waals surface area (Å²) in [6, 6.07) is 19.7. The number of amides is 1. The maximum atomic E-state index is 12.3. The molecule has 0 atom stereocenters. The van der Waals surface area contributed by atoms with E-state index in [1.54, 1.807) is 11.3 Å². The van der Waals surface area contributed by atoms with Gasteiger partial charge in [-0.2, -0.15) is 0 Å². The molecule has 2 aromatic heterocycles. The molecular formula is C24H23N3O2S. The number of nitrogens with one attached hydrogen (secondary N) is 1. The number of anilines is 1. The van der Waals surface area contributed by atoms with Crippen LogP contribution in [0.3, 0.4) is 0 Å². The molecule has 1 saturated heterocycles. The van der Waals surface area contributed by atoms with Crippen molar-refractivity contribution >= 4 is 33.9 Å². The van der Waals surface area contributed by atoms with Gasteiger partial charge in [0, 0.05) is 22.4 Å². The van der Waals surface area contributed by atoms with Crippen molar-refractivity contribution in [2.24, 2.45) is 0 Å². The SMILES string of the molecule is O=C(CN1CCC(c2nc(-c3cc4ccccc4o3)cs2)CC1)Nc1ccccc1. The van der Waals surface area contributed by atoms with Gasteiger partial charge in [0.25, 0.3) is 0 Å². The second-order valence-corrected chi connectivity index (χ2v) is 8.57. The second-order valence-electron chi connectivity index (χ2n) is 7.68. The van der Waals surface area contributed by atoms with E-state index in [0.717, 1.165) is 54.0 Å². The van der Waals surface area contributed by atoms with Crippen molar-refractivity contribution in [2.75, 3.05) is 25.0 Å². The first-order valence-corrected chi connectivity index (χ1v) is 11.1. The zero-order chi connectivity index (χ0) is 20.3. The maximum absolute atomic E-state index is 12.3. The van der Waals surface area contributed by atoms with E-state index >= 15 is 0 Å². The van der Waals surface area contributed by atoms with Crippen molar-refractivity contribution in [3.05, 3.63) is 71.1 Å². The Labute approximate surface area is 179 Å². The molecule has 1 aliphatic heterocycles. The summed E-state index contributed by atoms with van der Waals surface area (Å²) in [6.07, 6.45) is 2.04. The molecule has 3 heterocycles. The van der Waals surface area contributed by atoms with Gasteiger partial charge in [0.05, 0.1) is 11.6 Å². The molecule has 0 unspecified atom stereocenters. The summed E-state index contributed by atoms with van der Waals surface area (Å²) in [5.74, 6) is 1.32. The first-order chi connectivity index (χ1) is 14.7. The average Bonchev–Trinajstić information content (AvgIpc) is 3.42. The number of carbonyl (C=O) groups excluding carboxylic acids is 1. The summed E-state index contributed by atoms with van der Waals surface area (Å²) in [7, 11) is 0. The number of hydrogen-bond acceptors (Lipinski definition) is 5. The van der Waals surface area contributed by atoms with E-state index in [9.17, 15) is 4.79 Å². The molecule has 0 bridgehead atoms. The minimum Gasteiger partial charge on any atom is -0.454 e. The van der Waals surface area contributed by atoms with Crippen LogP contribution in [0, 0.1) is 0 Å². The molecule has 1 amide bonds. The van der Waals surface area contributed by atoms with Crippen LogP contribution < -0.4 is 5.32 Å². The summed E-state index contributed by atoms with van der Waals surface area (Å²) in [5.41, 5.74) is 2.65. The van der Waals surface area contributed by atoms with Crippen molar-refractivity contribution in [3.63, 3.8) is 0 Å². The number of aromatic nitrogens is 1. The third-order valence-corrected chi connectivity index (χ3v) is 6.57. The van der Waals surface area contributed by atoms with E-state index in [2.05, 4.69) is 27.7 Å². The molecule has 1 aliphatic rings. The van der Waals surface area contributed by atoms with Gasteiger partial charge in [-0.25, -0.2) is 4.98 Å². The lowest BCUT2D eigenvalue weighted by Gasteiger charge is -2.30. The molecule has 4 aromatic rings. The highest BCUT2D eigenvalue weighted by atomic mass is 32.1. The van der Waals surface area contributed by atoms with E-state index in [1.807, 2.05) is 48.5 Å². The van der Waals surface area contributed by atoms with Crippen LogP contribution in [0.4, 0.5) is 5.69 Å². The maximum Gasteiger partial charge on any atom is 0.238 e. The minimum atomic E-state index is 0.0427. The smallest absolute Gasteiger partial charge is 0.238 e. The van der Waals surface area contributed by atoms with Gasteiger partial charge in [-0.3, -0.25) is 9.69 Å². The lowest BCUT2D eigenvalue weighted by Crippen LogP contribution is -2.38. The standard InChI is InChI=1S/C24H23N3O2S/c28-23(25-19-7-2-1-3-8-19)15-27-12-10-17(11-13-27)24-26-20(16-30-24)22-14-18-6-4-5-9-21(18)29-22/h1-9,14,16-17H,10-13,15H2,(H,25,28). The van der Waals surface area contributed by atoms with Crippen molar-refractivity contribution in [2.45, 2.75) is 18.8 Å². The number of hydrogen-bond donors (Lipinski definition) is 1. The van der Waals surface area contributed by atoms with Gasteiger partial charge in [-0.15, -0.1) is 11.3 Å². The minimum absolute atomic E-state index is 0.0427. The van der Waals surface area contributed by atoms with Crippen molar-refractivity contribution < 1.29 is 9.21 Å². The van der Waals surface area contributed by atoms with Crippen LogP contribution in [0.15, 0.2) is 70.5 Å². The Kier molecular flexibility index (Phi) is 5.34. The second kappa shape index (κ2) is 8.42. The fourth-order valence-corrected chi connectivity index (χ4v) is 4.94. The molecule has 0 radical (unpaired) electrons. The number of thiazole rings is 1. The summed E-state index contributed by atoms with van der Waals surface area (Å²) < 4.78 is 5.96. The highest BCUT2D eigenvalue weighted by Gasteiger charge is 2.24. The Balaban J connectivity index is 1.17. The van der Waals surface area contributed by atoms with Gasteiger partial charge in [-0.1, -0.05) is 36.4 Å². The Hall–Kier alpha value is -2.96. The molecule has 30 heavy (non-hydrogen) atoms. The molecule has 2 aromatic carbocycles. The highest BCUT2D eigenvalue weighted by Crippen LogP contribution is 2.34. The van der Waals surface area contributed by atoms with Gasteiger partial charge < -0.3 is 9.73 Å². The molecule has 152 valence electrons. The van der Waals surface area contributed by atoms with Crippen LogP contribution in [0.5, 0.6) is 0 Å². The number of benzene rings is 2. The highest BCUT2D eigenvalue weighted by molar-refractivity contribution is 7.10. The van der Waals surface area contributed by atoms with Crippen LogP contribution in [-0.4, -0.2) is 35.4 Å². The third kappa shape index (κ3) is 4.15. The van der Waals surface area contributed by atoms with E-state index in [0.29, 0.717) is 12.5 Å².